The van der Waals surface area contributed by atoms with Crippen molar-refractivity contribution < 1.29 is 0 Å². The van der Waals surface area contributed by atoms with Gasteiger partial charge in [-0.25, -0.2) is 4.98 Å². The number of H-pyrrole nitrogens is 1. The van der Waals surface area contributed by atoms with Crippen LogP contribution in [0, 0.1) is 0 Å². The molecule has 0 saturated carbocycles. The molecule has 4 heterocycles. The largest absolute Gasteiger partial charge is 0.370 e. The fourth-order valence-electron chi connectivity index (χ4n) is 4.46. The third-order valence-corrected chi connectivity index (χ3v) is 6.48. The van der Waals surface area contributed by atoms with E-state index in [4.69, 9.17) is 11.6 Å². The van der Waals surface area contributed by atoms with E-state index in [0.29, 0.717) is 5.02 Å². The van der Waals surface area contributed by atoms with Crippen LogP contribution in [0.15, 0.2) is 65.8 Å². The molecule has 3 aromatic heterocycles. The van der Waals surface area contributed by atoms with Crippen LogP contribution in [-0.2, 0) is 0 Å². The van der Waals surface area contributed by atoms with Crippen LogP contribution in [0.5, 0.6) is 0 Å². The fourth-order valence-corrected chi connectivity index (χ4v) is 4.66. The molecule has 1 aromatic carbocycles. The normalized spacial score (nSPS) is 15.4. The highest BCUT2D eigenvalue weighted by atomic mass is 35.5. The Morgan fingerprint density at radius 3 is 2.71 bits per heavy atom. The van der Waals surface area contributed by atoms with E-state index in [2.05, 4.69) is 20.9 Å². The van der Waals surface area contributed by atoms with Crippen molar-refractivity contribution in [3.05, 3.63) is 82.0 Å². The second-order valence-electron chi connectivity index (χ2n) is 8.23. The zero-order valence-corrected chi connectivity index (χ0v) is 18.3. The van der Waals surface area contributed by atoms with E-state index in [0.717, 1.165) is 46.5 Å². The number of anilines is 1. The van der Waals surface area contributed by atoms with Gasteiger partial charge in [0.15, 0.2) is 0 Å². The number of aromatic nitrogens is 3. The van der Waals surface area contributed by atoms with Crippen LogP contribution in [0.4, 0.5) is 5.69 Å². The highest BCUT2D eigenvalue weighted by Gasteiger charge is 2.16. The van der Waals surface area contributed by atoms with Crippen LogP contribution >= 0.6 is 11.6 Å². The lowest BCUT2D eigenvalue weighted by Gasteiger charge is -2.28. The minimum atomic E-state index is -0.101. The number of rotatable bonds is 4. The molecule has 5 rings (SSSR count). The van der Waals surface area contributed by atoms with Crippen LogP contribution in [0.25, 0.3) is 22.2 Å². The maximum absolute atomic E-state index is 13.0. The Morgan fingerprint density at radius 2 is 1.94 bits per heavy atom. The molecular weight excluding hydrogens is 408 g/mol. The molecule has 4 aromatic rings. The van der Waals surface area contributed by atoms with Crippen LogP contribution in [0.3, 0.4) is 0 Å². The van der Waals surface area contributed by atoms with Crippen molar-refractivity contribution in [3.63, 3.8) is 0 Å². The van der Waals surface area contributed by atoms with Crippen LogP contribution < -0.4 is 10.5 Å². The summed E-state index contributed by atoms with van der Waals surface area (Å²) in [5.74, 6) is 0. The first-order chi connectivity index (χ1) is 15.1. The average Bonchev–Trinajstić information content (AvgIpc) is 3.22. The third-order valence-electron chi connectivity index (χ3n) is 6.25. The first-order valence-corrected chi connectivity index (χ1v) is 11.2. The molecule has 1 aliphatic heterocycles. The van der Waals surface area contributed by atoms with Gasteiger partial charge in [0.1, 0.15) is 5.65 Å². The number of hydrogen-bond donors (Lipinski definition) is 1. The summed E-state index contributed by atoms with van der Waals surface area (Å²) in [6.07, 6.45) is 9.49. The van der Waals surface area contributed by atoms with E-state index in [1.54, 1.807) is 10.6 Å². The molecule has 0 spiro atoms. The summed E-state index contributed by atoms with van der Waals surface area (Å²) in [6, 6.07) is 13.4. The fraction of sp³-hybridized carbons (Fsp3) is 0.280. The molecule has 31 heavy (non-hydrogen) atoms. The molecule has 1 atom stereocenters. The smallest absolute Gasteiger partial charge is 0.251 e. The van der Waals surface area contributed by atoms with E-state index in [1.807, 2.05) is 55.8 Å². The molecular formula is C25H25ClN4O. The van der Waals surface area contributed by atoms with Crippen molar-refractivity contribution in [2.75, 3.05) is 18.0 Å². The van der Waals surface area contributed by atoms with Crippen molar-refractivity contribution in [2.24, 2.45) is 0 Å². The summed E-state index contributed by atoms with van der Waals surface area (Å²) >= 11 is 6.13. The van der Waals surface area contributed by atoms with Gasteiger partial charge < -0.3 is 14.5 Å². The molecule has 6 heteroatoms. The first-order valence-electron chi connectivity index (χ1n) is 10.8. The third kappa shape index (κ3) is 3.86. The van der Waals surface area contributed by atoms with Crippen molar-refractivity contribution in [1.82, 2.24) is 14.5 Å². The number of benzene rings is 1. The number of aromatic amines is 1. The molecule has 158 valence electrons. The average molecular weight is 433 g/mol. The number of halogens is 1. The van der Waals surface area contributed by atoms with Gasteiger partial charge in [-0.3, -0.25) is 4.79 Å². The number of nitrogens with zero attached hydrogens (tertiary/aromatic N) is 3. The summed E-state index contributed by atoms with van der Waals surface area (Å²) in [5.41, 5.74) is 4.84. The molecule has 0 radical (unpaired) electrons. The lowest BCUT2D eigenvalue weighted by molar-refractivity contribution is 0.577. The van der Waals surface area contributed by atoms with Crippen molar-refractivity contribution in [3.8, 4) is 11.1 Å². The Balaban J connectivity index is 1.50. The van der Waals surface area contributed by atoms with Gasteiger partial charge in [-0.05, 0) is 61.6 Å². The van der Waals surface area contributed by atoms with E-state index < -0.39 is 0 Å². The minimum absolute atomic E-state index is 0.0422. The number of nitrogens with one attached hydrogen (secondary N) is 1. The van der Waals surface area contributed by atoms with Gasteiger partial charge >= 0.3 is 0 Å². The number of fused-ring (bicyclic) bond motifs is 1. The Morgan fingerprint density at radius 1 is 1.10 bits per heavy atom. The summed E-state index contributed by atoms with van der Waals surface area (Å²) < 4.78 is 1.74. The number of pyridine rings is 2. The van der Waals surface area contributed by atoms with Crippen molar-refractivity contribution in [2.45, 2.75) is 32.2 Å². The van der Waals surface area contributed by atoms with Gasteiger partial charge in [0.25, 0.3) is 5.56 Å². The SMILES string of the molecule is CC(c1cccc(Cl)c1)n1ccc(-c2c[nH]c3ncc(N4CCCCC4)cc23)cc1=O. The summed E-state index contributed by atoms with van der Waals surface area (Å²) in [6.45, 7) is 4.15. The maximum Gasteiger partial charge on any atom is 0.251 e. The maximum atomic E-state index is 13.0. The Hall–Kier alpha value is -3.05. The summed E-state index contributed by atoms with van der Waals surface area (Å²) in [7, 11) is 0. The lowest BCUT2D eigenvalue weighted by atomic mass is 10.0. The second-order valence-corrected chi connectivity index (χ2v) is 8.67. The second kappa shape index (κ2) is 8.23. The van der Waals surface area contributed by atoms with Crippen LogP contribution in [0.1, 0.15) is 37.8 Å². The summed E-state index contributed by atoms with van der Waals surface area (Å²) in [4.78, 5) is 23.3. The predicted octanol–water partition coefficient (Wildman–Crippen LogP) is 5.64. The monoisotopic (exact) mass is 432 g/mol. The molecule has 1 fully saturated rings. The molecule has 1 aliphatic rings. The standard InChI is InChI=1S/C25H25ClN4O/c1-17(18-6-5-7-20(26)12-18)30-11-8-19(13-24(30)31)23-16-28-25-22(23)14-21(15-27-25)29-9-3-2-4-10-29/h5-8,11-17H,2-4,9-10H2,1H3,(H,27,28). The van der Waals surface area contributed by atoms with Crippen LogP contribution in [-0.4, -0.2) is 27.6 Å². The topological polar surface area (TPSA) is 53.9 Å². The van der Waals surface area contributed by atoms with Crippen LogP contribution in [0.2, 0.25) is 5.02 Å². The van der Waals surface area contributed by atoms with Crippen molar-refractivity contribution >= 4 is 28.3 Å². The van der Waals surface area contributed by atoms with E-state index in [-0.39, 0.29) is 11.6 Å². The predicted molar refractivity (Wildman–Crippen MR) is 127 cm³/mol. The molecule has 5 nitrogen and oxygen atoms in total. The van der Waals surface area contributed by atoms with Crippen molar-refractivity contribution in [1.29, 1.82) is 0 Å². The Kier molecular flexibility index (Phi) is 5.28. The highest BCUT2D eigenvalue weighted by Crippen LogP contribution is 2.31. The minimum Gasteiger partial charge on any atom is -0.370 e. The molecule has 1 N–H and O–H groups in total. The van der Waals surface area contributed by atoms with E-state index in [1.165, 1.54) is 19.3 Å². The molecule has 1 unspecified atom stereocenters. The molecule has 0 aliphatic carbocycles. The van der Waals surface area contributed by atoms with E-state index in [9.17, 15) is 4.79 Å². The number of piperidine rings is 1. The van der Waals surface area contributed by atoms with Gasteiger partial charge in [0.2, 0.25) is 0 Å². The van der Waals surface area contributed by atoms with Gasteiger partial charge in [-0.2, -0.15) is 0 Å². The Bertz CT molecular complexity index is 1290. The summed E-state index contributed by atoms with van der Waals surface area (Å²) in [5, 5.41) is 1.72. The van der Waals surface area contributed by atoms with Gasteiger partial charge in [-0.15, -0.1) is 0 Å². The quantitative estimate of drug-likeness (QED) is 0.453. The van der Waals surface area contributed by atoms with Gasteiger partial charge in [0.05, 0.1) is 17.9 Å². The van der Waals surface area contributed by atoms with E-state index >= 15 is 0 Å². The van der Waals surface area contributed by atoms with Gasteiger partial charge in [-0.1, -0.05) is 23.7 Å². The molecule has 1 saturated heterocycles. The number of hydrogen-bond acceptors (Lipinski definition) is 3. The lowest BCUT2D eigenvalue weighted by Crippen LogP contribution is -2.29. The first kappa shape index (κ1) is 19.9. The molecule has 0 bridgehead atoms. The highest BCUT2D eigenvalue weighted by molar-refractivity contribution is 6.30. The Labute approximate surface area is 186 Å². The zero-order chi connectivity index (χ0) is 21.4. The van der Waals surface area contributed by atoms with Gasteiger partial charge in [0, 0.05) is 47.5 Å². The zero-order valence-electron chi connectivity index (χ0n) is 17.5. The molecule has 0 amide bonds.